The molecule has 27 heavy (non-hydrogen) atoms. The Balaban J connectivity index is 1.55. The van der Waals surface area contributed by atoms with Crippen molar-refractivity contribution in [2.45, 2.75) is 12.8 Å². The Morgan fingerprint density at radius 1 is 1.04 bits per heavy atom. The Hall–Kier alpha value is -3.41. The van der Waals surface area contributed by atoms with Crippen LogP contribution in [0.3, 0.4) is 0 Å². The molecule has 0 atom stereocenters. The summed E-state index contributed by atoms with van der Waals surface area (Å²) < 4.78 is 5.25. The van der Waals surface area contributed by atoms with Crippen LogP contribution >= 0.6 is 0 Å². The van der Waals surface area contributed by atoms with Crippen molar-refractivity contribution in [1.82, 2.24) is 9.97 Å². The highest BCUT2D eigenvalue weighted by atomic mass is 16.5. The number of nitrogens with one attached hydrogen (secondary N) is 2. The first kappa shape index (κ1) is 18.4. The number of carbonyl (C=O) groups is 1. The number of aromatic nitrogens is 2. The second kappa shape index (κ2) is 9.33. The molecule has 6 nitrogen and oxygen atoms in total. The van der Waals surface area contributed by atoms with Crippen LogP contribution in [0.25, 0.3) is 0 Å². The van der Waals surface area contributed by atoms with Crippen LogP contribution in [-0.2, 0) is 6.42 Å². The van der Waals surface area contributed by atoms with E-state index in [1.54, 1.807) is 25.3 Å². The molecule has 0 bridgehead atoms. The summed E-state index contributed by atoms with van der Waals surface area (Å²) >= 11 is 0. The molecule has 1 amide bonds. The maximum Gasteiger partial charge on any atom is 0.274 e. The van der Waals surface area contributed by atoms with Gasteiger partial charge in [0.1, 0.15) is 23.6 Å². The minimum Gasteiger partial charge on any atom is -0.495 e. The summed E-state index contributed by atoms with van der Waals surface area (Å²) in [7, 11) is 1.56. The molecule has 0 fully saturated rings. The number of methoxy groups -OCH3 is 1. The molecule has 0 spiro atoms. The van der Waals surface area contributed by atoms with E-state index in [4.69, 9.17) is 4.74 Å². The van der Waals surface area contributed by atoms with Gasteiger partial charge in [-0.25, -0.2) is 9.97 Å². The molecule has 0 aliphatic heterocycles. The smallest absolute Gasteiger partial charge is 0.274 e. The van der Waals surface area contributed by atoms with Crippen LogP contribution in [0.1, 0.15) is 22.5 Å². The first-order valence-electron chi connectivity index (χ1n) is 8.80. The first-order valence-corrected chi connectivity index (χ1v) is 8.80. The van der Waals surface area contributed by atoms with Crippen molar-refractivity contribution in [1.29, 1.82) is 0 Å². The van der Waals surface area contributed by atoms with Crippen LogP contribution in [0, 0.1) is 0 Å². The molecule has 2 N–H and O–H groups in total. The van der Waals surface area contributed by atoms with E-state index >= 15 is 0 Å². The van der Waals surface area contributed by atoms with Gasteiger partial charge in [-0.3, -0.25) is 4.79 Å². The molecule has 2 aromatic carbocycles. The number of hydrogen-bond acceptors (Lipinski definition) is 5. The van der Waals surface area contributed by atoms with Crippen LogP contribution in [0.5, 0.6) is 5.75 Å². The largest absolute Gasteiger partial charge is 0.495 e. The number of rotatable bonds is 8. The van der Waals surface area contributed by atoms with Gasteiger partial charge in [0.15, 0.2) is 0 Å². The maximum atomic E-state index is 12.5. The van der Waals surface area contributed by atoms with E-state index in [2.05, 4.69) is 32.7 Å². The summed E-state index contributed by atoms with van der Waals surface area (Å²) in [6.07, 6.45) is 3.34. The molecular formula is C21H22N4O2. The van der Waals surface area contributed by atoms with E-state index in [1.165, 1.54) is 11.9 Å². The fourth-order valence-corrected chi connectivity index (χ4v) is 2.67. The molecule has 0 unspecified atom stereocenters. The summed E-state index contributed by atoms with van der Waals surface area (Å²) in [6, 6.07) is 19.2. The number of hydrogen-bond donors (Lipinski definition) is 2. The van der Waals surface area contributed by atoms with Gasteiger partial charge in [-0.15, -0.1) is 0 Å². The lowest BCUT2D eigenvalue weighted by molar-refractivity contribution is 0.102. The van der Waals surface area contributed by atoms with Gasteiger partial charge in [-0.1, -0.05) is 42.5 Å². The zero-order valence-corrected chi connectivity index (χ0v) is 15.2. The van der Waals surface area contributed by atoms with Crippen molar-refractivity contribution < 1.29 is 9.53 Å². The number of amides is 1. The van der Waals surface area contributed by atoms with Crippen LogP contribution in [0.4, 0.5) is 11.5 Å². The SMILES string of the molecule is COc1ccccc1NC(=O)c1cc(NCCCc2ccccc2)ncn1. The predicted molar refractivity (Wildman–Crippen MR) is 106 cm³/mol. The molecule has 0 saturated heterocycles. The number of anilines is 2. The summed E-state index contributed by atoms with van der Waals surface area (Å²) in [5.74, 6) is 0.914. The molecule has 0 aliphatic carbocycles. The zero-order valence-electron chi connectivity index (χ0n) is 15.2. The summed E-state index contributed by atoms with van der Waals surface area (Å²) in [5, 5.41) is 6.05. The molecule has 1 aromatic heterocycles. The molecule has 0 saturated carbocycles. The fourth-order valence-electron chi connectivity index (χ4n) is 2.67. The van der Waals surface area contributed by atoms with Crippen molar-refractivity contribution in [2.75, 3.05) is 24.3 Å². The lowest BCUT2D eigenvalue weighted by atomic mass is 10.1. The number of para-hydroxylation sites is 2. The monoisotopic (exact) mass is 362 g/mol. The average molecular weight is 362 g/mol. The average Bonchev–Trinajstić information content (AvgIpc) is 2.72. The van der Waals surface area contributed by atoms with Crippen molar-refractivity contribution in [2.24, 2.45) is 0 Å². The topological polar surface area (TPSA) is 76.1 Å². The van der Waals surface area contributed by atoms with Crippen LogP contribution < -0.4 is 15.4 Å². The van der Waals surface area contributed by atoms with Gasteiger partial charge in [-0.05, 0) is 30.5 Å². The number of carbonyl (C=O) groups excluding carboxylic acids is 1. The van der Waals surface area contributed by atoms with Crippen molar-refractivity contribution in [3.8, 4) is 5.75 Å². The fraction of sp³-hybridized carbons (Fsp3) is 0.190. The highest BCUT2D eigenvalue weighted by Crippen LogP contribution is 2.23. The maximum absolute atomic E-state index is 12.5. The van der Waals surface area contributed by atoms with E-state index < -0.39 is 0 Å². The molecule has 3 aromatic rings. The molecule has 3 rings (SSSR count). The van der Waals surface area contributed by atoms with Crippen LogP contribution in [-0.4, -0.2) is 29.5 Å². The minimum absolute atomic E-state index is 0.293. The predicted octanol–water partition coefficient (Wildman–Crippen LogP) is 3.78. The van der Waals surface area contributed by atoms with E-state index in [1.807, 2.05) is 30.3 Å². The van der Waals surface area contributed by atoms with E-state index in [9.17, 15) is 4.79 Å². The third kappa shape index (κ3) is 5.28. The Morgan fingerprint density at radius 3 is 2.63 bits per heavy atom. The third-order valence-electron chi connectivity index (χ3n) is 4.05. The Labute approximate surface area is 158 Å². The van der Waals surface area contributed by atoms with E-state index in [0.29, 0.717) is 22.9 Å². The Bertz CT molecular complexity index is 884. The standard InChI is InChI=1S/C21H22N4O2/c1-27-19-12-6-5-11-17(19)25-21(26)18-14-20(24-15-23-18)22-13-7-10-16-8-3-2-4-9-16/h2-6,8-9,11-12,14-15H,7,10,13H2,1H3,(H,25,26)(H,22,23,24). The zero-order chi connectivity index (χ0) is 18.9. The highest BCUT2D eigenvalue weighted by Gasteiger charge is 2.11. The number of nitrogens with zero attached hydrogens (tertiary/aromatic N) is 2. The highest BCUT2D eigenvalue weighted by molar-refractivity contribution is 6.04. The quantitative estimate of drug-likeness (QED) is 0.597. The number of ether oxygens (including phenoxy) is 1. The summed E-state index contributed by atoms with van der Waals surface area (Å²) in [4.78, 5) is 20.7. The molecule has 138 valence electrons. The van der Waals surface area contributed by atoms with E-state index in [-0.39, 0.29) is 5.91 Å². The van der Waals surface area contributed by atoms with Gasteiger partial charge in [0.25, 0.3) is 5.91 Å². The second-order valence-electron chi connectivity index (χ2n) is 5.96. The lowest BCUT2D eigenvalue weighted by Crippen LogP contribution is -2.15. The Kier molecular flexibility index (Phi) is 6.35. The van der Waals surface area contributed by atoms with Gasteiger partial charge in [0.2, 0.25) is 0 Å². The number of benzene rings is 2. The molecule has 1 heterocycles. The first-order chi connectivity index (χ1) is 13.3. The molecule has 0 aliphatic rings. The summed E-state index contributed by atoms with van der Waals surface area (Å²) in [6.45, 7) is 0.763. The molecule has 6 heteroatoms. The van der Waals surface area contributed by atoms with Gasteiger partial charge in [0.05, 0.1) is 12.8 Å². The lowest BCUT2D eigenvalue weighted by Gasteiger charge is -2.10. The second-order valence-corrected chi connectivity index (χ2v) is 5.96. The van der Waals surface area contributed by atoms with Gasteiger partial charge >= 0.3 is 0 Å². The molecular weight excluding hydrogens is 340 g/mol. The normalized spacial score (nSPS) is 10.3. The van der Waals surface area contributed by atoms with Crippen LogP contribution in [0.15, 0.2) is 67.0 Å². The minimum atomic E-state index is -0.311. The summed E-state index contributed by atoms with van der Waals surface area (Å²) in [5.41, 5.74) is 2.20. The third-order valence-corrected chi connectivity index (χ3v) is 4.05. The van der Waals surface area contributed by atoms with Crippen molar-refractivity contribution in [3.05, 3.63) is 78.2 Å². The van der Waals surface area contributed by atoms with Crippen LogP contribution in [0.2, 0.25) is 0 Å². The number of aryl methyl sites for hydroxylation is 1. The van der Waals surface area contributed by atoms with E-state index in [0.717, 1.165) is 19.4 Å². The van der Waals surface area contributed by atoms with Crippen molar-refractivity contribution in [3.63, 3.8) is 0 Å². The van der Waals surface area contributed by atoms with Gasteiger partial charge in [-0.2, -0.15) is 0 Å². The molecule has 0 radical (unpaired) electrons. The van der Waals surface area contributed by atoms with Crippen molar-refractivity contribution >= 4 is 17.4 Å². The van der Waals surface area contributed by atoms with Gasteiger partial charge in [0, 0.05) is 12.6 Å². The Morgan fingerprint density at radius 2 is 1.81 bits per heavy atom. The van der Waals surface area contributed by atoms with Gasteiger partial charge < -0.3 is 15.4 Å².